The molecule has 0 unspecified atom stereocenters. The molecule has 0 saturated carbocycles. The van der Waals surface area contributed by atoms with Gasteiger partial charge in [0.15, 0.2) is 17.3 Å². The number of aryl methyl sites for hydroxylation is 1. The van der Waals surface area contributed by atoms with E-state index >= 15 is 0 Å². The number of thiophene rings is 1. The molecule has 3 aromatic carbocycles. The molecular formula is C31H26O4S. The van der Waals surface area contributed by atoms with Crippen LogP contribution < -0.4 is 14.2 Å². The maximum atomic E-state index is 13.0. The van der Waals surface area contributed by atoms with E-state index < -0.39 is 0 Å². The number of allylic oxidation sites excluding steroid dienone is 3. The summed E-state index contributed by atoms with van der Waals surface area (Å²) in [6.07, 6.45) is 3.55. The molecule has 1 aliphatic heterocycles. The lowest BCUT2D eigenvalue weighted by molar-refractivity contribution is 0.105. The fraction of sp³-hybridized carbons (Fsp3) is 0.129. The van der Waals surface area contributed by atoms with E-state index in [1.807, 2.05) is 66.1 Å². The molecule has 5 heteroatoms. The largest absolute Gasteiger partial charge is 0.493 e. The van der Waals surface area contributed by atoms with Gasteiger partial charge in [-0.1, -0.05) is 54.6 Å². The predicted molar refractivity (Wildman–Crippen MR) is 144 cm³/mol. The summed E-state index contributed by atoms with van der Waals surface area (Å²) < 4.78 is 17.6. The fourth-order valence-electron chi connectivity index (χ4n) is 4.57. The Morgan fingerprint density at radius 2 is 1.64 bits per heavy atom. The van der Waals surface area contributed by atoms with Gasteiger partial charge in [-0.2, -0.15) is 0 Å². The zero-order chi connectivity index (χ0) is 25.1. The van der Waals surface area contributed by atoms with Gasteiger partial charge in [-0.15, -0.1) is 11.3 Å². The summed E-state index contributed by atoms with van der Waals surface area (Å²) in [5, 5.41) is 1.91. The van der Waals surface area contributed by atoms with Gasteiger partial charge in [0.2, 0.25) is 0 Å². The molecule has 0 radical (unpaired) electrons. The summed E-state index contributed by atoms with van der Waals surface area (Å²) in [6.45, 7) is 2.11. The van der Waals surface area contributed by atoms with Gasteiger partial charge in [0.05, 0.1) is 19.1 Å². The van der Waals surface area contributed by atoms with Crippen LogP contribution in [0.15, 0.2) is 102 Å². The van der Waals surface area contributed by atoms with Gasteiger partial charge in [-0.05, 0) is 59.8 Å². The maximum Gasteiger partial charge on any atom is 0.195 e. The SMILES string of the molecule is COc1ccc(C2=C(/C=C\C(=O)c3cccs3)[C@H](c3ccccc3C)c3ccccc3O2)cc1OC. The van der Waals surface area contributed by atoms with E-state index in [0.29, 0.717) is 22.1 Å². The third kappa shape index (κ3) is 4.45. The van der Waals surface area contributed by atoms with Crippen molar-refractivity contribution in [2.75, 3.05) is 14.2 Å². The Morgan fingerprint density at radius 3 is 2.36 bits per heavy atom. The van der Waals surface area contributed by atoms with Crippen LogP contribution in [0.25, 0.3) is 5.76 Å². The number of carbonyl (C=O) groups excluding carboxylic acids is 1. The van der Waals surface area contributed by atoms with Crippen LogP contribution in [0.2, 0.25) is 0 Å². The van der Waals surface area contributed by atoms with Crippen molar-refractivity contribution in [2.45, 2.75) is 12.8 Å². The van der Waals surface area contributed by atoms with E-state index in [-0.39, 0.29) is 11.7 Å². The number of ether oxygens (including phenoxy) is 3. The maximum absolute atomic E-state index is 13.0. The topological polar surface area (TPSA) is 44.8 Å². The highest BCUT2D eigenvalue weighted by Gasteiger charge is 2.31. The van der Waals surface area contributed by atoms with E-state index in [9.17, 15) is 4.79 Å². The molecule has 0 N–H and O–H groups in total. The Balaban J connectivity index is 1.74. The summed E-state index contributed by atoms with van der Waals surface area (Å²) in [7, 11) is 3.23. The minimum atomic E-state index is -0.119. The number of hydrogen-bond donors (Lipinski definition) is 0. The molecule has 180 valence electrons. The predicted octanol–water partition coefficient (Wildman–Crippen LogP) is 7.45. The van der Waals surface area contributed by atoms with Crippen molar-refractivity contribution >= 4 is 22.9 Å². The van der Waals surface area contributed by atoms with Crippen molar-refractivity contribution in [3.8, 4) is 17.2 Å². The Labute approximate surface area is 215 Å². The van der Waals surface area contributed by atoms with Gasteiger partial charge in [-0.3, -0.25) is 4.79 Å². The molecular weight excluding hydrogens is 468 g/mol. The second-order valence-corrected chi connectivity index (χ2v) is 9.41. The van der Waals surface area contributed by atoms with Crippen molar-refractivity contribution in [2.24, 2.45) is 0 Å². The molecule has 0 bridgehead atoms. The van der Waals surface area contributed by atoms with Crippen molar-refractivity contribution in [1.29, 1.82) is 0 Å². The van der Waals surface area contributed by atoms with Crippen LogP contribution in [0.3, 0.4) is 0 Å². The quantitative estimate of drug-likeness (QED) is 0.198. The summed E-state index contributed by atoms with van der Waals surface area (Å²) in [5.74, 6) is 2.56. The lowest BCUT2D eigenvalue weighted by Crippen LogP contribution is -2.16. The second-order valence-electron chi connectivity index (χ2n) is 8.46. The summed E-state index contributed by atoms with van der Waals surface area (Å²) >= 11 is 1.43. The summed E-state index contributed by atoms with van der Waals surface area (Å²) in [5.41, 5.74) is 5.12. The number of hydrogen-bond acceptors (Lipinski definition) is 5. The van der Waals surface area contributed by atoms with E-state index in [4.69, 9.17) is 14.2 Å². The van der Waals surface area contributed by atoms with Gasteiger partial charge in [0.1, 0.15) is 11.5 Å². The average Bonchev–Trinajstić information content (AvgIpc) is 3.46. The molecule has 4 nitrogen and oxygen atoms in total. The molecule has 4 aromatic rings. The van der Waals surface area contributed by atoms with Crippen LogP contribution in [0.5, 0.6) is 17.2 Å². The monoisotopic (exact) mass is 494 g/mol. The standard InChI is InChI=1S/C31H26O4S/c1-20-9-4-5-10-22(20)30-23-11-6-7-12-26(23)35-31(21-14-17-27(33-2)28(19-21)34-3)24(30)15-16-25(32)29-13-8-18-36-29/h4-19,30H,1-3H3/b16-15-/t30-/m1/s1. The summed E-state index contributed by atoms with van der Waals surface area (Å²) in [4.78, 5) is 13.7. The Hall–Kier alpha value is -4.09. The normalized spacial score (nSPS) is 14.9. The summed E-state index contributed by atoms with van der Waals surface area (Å²) in [6, 6.07) is 25.9. The highest BCUT2D eigenvalue weighted by molar-refractivity contribution is 7.12. The number of rotatable bonds is 7. The molecule has 0 amide bonds. The van der Waals surface area contributed by atoms with Crippen LogP contribution >= 0.6 is 11.3 Å². The third-order valence-electron chi connectivity index (χ3n) is 6.34. The Bertz CT molecular complexity index is 1460. The first-order valence-electron chi connectivity index (χ1n) is 11.7. The van der Waals surface area contributed by atoms with Crippen LogP contribution in [0, 0.1) is 6.92 Å². The van der Waals surface area contributed by atoms with Crippen LogP contribution in [0.4, 0.5) is 0 Å². The van der Waals surface area contributed by atoms with Gasteiger partial charge >= 0.3 is 0 Å². The smallest absolute Gasteiger partial charge is 0.195 e. The molecule has 2 heterocycles. The fourth-order valence-corrected chi connectivity index (χ4v) is 5.21. The van der Waals surface area contributed by atoms with Crippen molar-refractivity contribution < 1.29 is 19.0 Å². The van der Waals surface area contributed by atoms with Crippen molar-refractivity contribution in [1.82, 2.24) is 0 Å². The third-order valence-corrected chi connectivity index (χ3v) is 7.22. The van der Waals surface area contributed by atoms with E-state index in [2.05, 4.69) is 31.2 Å². The molecule has 0 saturated heterocycles. The van der Waals surface area contributed by atoms with Gasteiger partial charge in [0.25, 0.3) is 0 Å². The van der Waals surface area contributed by atoms with Crippen LogP contribution in [-0.4, -0.2) is 20.0 Å². The lowest BCUT2D eigenvalue weighted by atomic mass is 9.79. The number of fused-ring (bicyclic) bond motifs is 1. The molecule has 5 rings (SSSR count). The van der Waals surface area contributed by atoms with E-state index in [1.165, 1.54) is 16.9 Å². The van der Waals surface area contributed by atoms with Crippen LogP contribution in [-0.2, 0) is 0 Å². The van der Waals surface area contributed by atoms with Crippen molar-refractivity contribution in [3.63, 3.8) is 0 Å². The molecule has 0 spiro atoms. The molecule has 1 aliphatic rings. The number of carbonyl (C=O) groups is 1. The van der Waals surface area contributed by atoms with E-state index in [0.717, 1.165) is 28.0 Å². The molecule has 0 aliphatic carbocycles. The highest BCUT2D eigenvalue weighted by Crippen LogP contribution is 2.47. The molecule has 1 atom stereocenters. The lowest BCUT2D eigenvalue weighted by Gasteiger charge is -2.31. The van der Waals surface area contributed by atoms with Crippen molar-refractivity contribution in [3.05, 3.63) is 129 Å². The molecule has 0 fully saturated rings. The van der Waals surface area contributed by atoms with E-state index in [1.54, 1.807) is 20.3 Å². The minimum Gasteiger partial charge on any atom is -0.493 e. The first kappa shape index (κ1) is 23.6. The average molecular weight is 495 g/mol. The van der Waals surface area contributed by atoms with Gasteiger partial charge < -0.3 is 14.2 Å². The highest BCUT2D eigenvalue weighted by atomic mass is 32.1. The van der Waals surface area contributed by atoms with Gasteiger partial charge in [0, 0.05) is 22.6 Å². The second kappa shape index (κ2) is 10.3. The minimum absolute atomic E-state index is 0.0356. The zero-order valence-electron chi connectivity index (χ0n) is 20.4. The zero-order valence-corrected chi connectivity index (χ0v) is 21.2. The Kier molecular flexibility index (Phi) is 6.74. The first-order valence-corrected chi connectivity index (χ1v) is 12.5. The number of benzene rings is 3. The number of ketones is 1. The van der Waals surface area contributed by atoms with Crippen LogP contribution in [0.1, 0.15) is 37.8 Å². The number of para-hydroxylation sites is 1. The van der Waals surface area contributed by atoms with Gasteiger partial charge in [-0.25, -0.2) is 0 Å². The molecule has 36 heavy (non-hydrogen) atoms. The number of methoxy groups -OCH3 is 2. The molecule has 1 aromatic heterocycles. The first-order chi connectivity index (χ1) is 17.6. The Morgan fingerprint density at radius 1 is 0.889 bits per heavy atom.